The van der Waals surface area contributed by atoms with Crippen LogP contribution in [0.25, 0.3) is 0 Å². The van der Waals surface area contributed by atoms with Gasteiger partial charge in [0, 0.05) is 17.2 Å². The van der Waals surface area contributed by atoms with E-state index >= 15 is 0 Å². The van der Waals surface area contributed by atoms with E-state index in [0.717, 1.165) is 17.0 Å². The van der Waals surface area contributed by atoms with Gasteiger partial charge in [-0.15, -0.1) is 0 Å². The van der Waals surface area contributed by atoms with Crippen LogP contribution in [0.15, 0.2) is 48.5 Å². The van der Waals surface area contributed by atoms with E-state index in [1.54, 1.807) is 0 Å². The van der Waals surface area contributed by atoms with Gasteiger partial charge in [-0.05, 0) is 25.1 Å². The molecule has 0 saturated carbocycles. The van der Waals surface area contributed by atoms with E-state index in [-0.39, 0.29) is 23.9 Å². The Hall–Kier alpha value is -2.37. The lowest BCUT2D eigenvalue weighted by molar-refractivity contribution is -0.119. The number of carbonyl (C=O) groups is 1. The van der Waals surface area contributed by atoms with Crippen molar-refractivity contribution in [3.05, 3.63) is 59.7 Å². The zero-order valence-electron chi connectivity index (χ0n) is 12.9. The Labute approximate surface area is 135 Å². The van der Waals surface area contributed by atoms with E-state index < -0.39 is 0 Å². The molecule has 0 radical (unpaired) electrons. The van der Waals surface area contributed by atoms with E-state index in [0.29, 0.717) is 6.61 Å². The van der Waals surface area contributed by atoms with Gasteiger partial charge < -0.3 is 10.1 Å². The Bertz CT molecular complexity index is 729. The van der Waals surface area contributed by atoms with Crippen molar-refractivity contribution in [2.45, 2.75) is 19.0 Å². The molecule has 5 heteroatoms. The number of hydrogen-bond acceptors (Lipinski definition) is 4. The normalized spacial score (nSPS) is 25.2. The summed E-state index contributed by atoms with van der Waals surface area (Å²) in [5, 5.41) is 2.97. The zero-order valence-corrected chi connectivity index (χ0v) is 12.9. The highest BCUT2D eigenvalue weighted by Gasteiger charge is 2.44. The lowest BCUT2D eigenvalue weighted by Crippen LogP contribution is -2.43. The van der Waals surface area contributed by atoms with Gasteiger partial charge in [-0.25, -0.2) is 10.9 Å². The first-order valence-corrected chi connectivity index (χ1v) is 7.83. The molecule has 118 valence electrons. The number of hydrazine groups is 1. The number of rotatable bonds is 2. The number of benzene rings is 2. The van der Waals surface area contributed by atoms with Gasteiger partial charge in [0.1, 0.15) is 11.8 Å². The number of carbonyl (C=O) groups excluding carboxylic acids is 1. The molecule has 4 rings (SSSR count). The van der Waals surface area contributed by atoms with Gasteiger partial charge in [0.2, 0.25) is 5.91 Å². The van der Waals surface area contributed by atoms with E-state index in [2.05, 4.69) is 16.2 Å². The second kappa shape index (κ2) is 5.68. The standard InChI is InChI=1S/C18H19N3O2/c1-11-6-8-12(9-7-11)19-18(22)17-14-10-23-15-5-3-2-4-13(15)16(14)20-21-17/h2-9,14,16-17,20-21H,10H2,1H3,(H,19,22). The maximum absolute atomic E-state index is 12.6. The first-order chi connectivity index (χ1) is 11.2. The predicted octanol–water partition coefficient (Wildman–Crippen LogP) is 2.16. The highest BCUT2D eigenvalue weighted by atomic mass is 16.5. The molecule has 2 aromatic rings. The summed E-state index contributed by atoms with van der Waals surface area (Å²) in [7, 11) is 0. The van der Waals surface area contributed by atoms with Crippen molar-refractivity contribution >= 4 is 11.6 Å². The third kappa shape index (κ3) is 2.58. The van der Waals surface area contributed by atoms with Crippen LogP contribution < -0.4 is 20.9 Å². The quantitative estimate of drug-likeness (QED) is 0.795. The number of hydrogen-bond donors (Lipinski definition) is 3. The minimum absolute atomic E-state index is 0.0446. The fraction of sp³-hybridized carbons (Fsp3) is 0.278. The minimum atomic E-state index is -0.324. The first-order valence-electron chi connectivity index (χ1n) is 7.83. The molecule has 2 aromatic carbocycles. The first kappa shape index (κ1) is 14.2. The molecule has 0 aliphatic carbocycles. The second-order valence-electron chi connectivity index (χ2n) is 6.11. The number of anilines is 1. The number of ether oxygens (including phenoxy) is 1. The summed E-state index contributed by atoms with van der Waals surface area (Å²) < 4.78 is 5.82. The largest absolute Gasteiger partial charge is 0.493 e. The SMILES string of the molecule is Cc1ccc(NC(=O)C2NNC3c4ccccc4OCC23)cc1. The van der Waals surface area contributed by atoms with Gasteiger partial charge in [-0.3, -0.25) is 4.79 Å². The summed E-state index contributed by atoms with van der Waals surface area (Å²) in [6.45, 7) is 2.54. The van der Waals surface area contributed by atoms with Gasteiger partial charge in [-0.1, -0.05) is 35.9 Å². The third-order valence-electron chi connectivity index (χ3n) is 4.54. The maximum atomic E-state index is 12.6. The van der Waals surface area contributed by atoms with Crippen LogP contribution in [0.3, 0.4) is 0 Å². The Morgan fingerprint density at radius 2 is 1.91 bits per heavy atom. The molecule has 0 bridgehead atoms. The smallest absolute Gasteiger partial charge is 0.243 e. The molecule has 23 heavy (non-hydrogen) atoms. The number of amides is 1. The van der Waals surface area contributed by atoms with E-state index in [1.807, 2.05) is 55.5 Å². The van der Waals surface area contributed by atoms with Crippen LogP contribution >= 0.6 is 0 Å². The summed E-state index contributed by atoms with van der Waals surface area (Å²) in [5.74, 6) is 0.912. The summed E-state index contributed by atoms with van der Waals surface area (Å²) in [5.41, 5.74) is 9.45. The summed E-state index contributed by atoms with van der Waals surface area (Å²) in [6, 6.07) is 15.5. The molecule has 0 aromatic heterocycles. The number of nitrogens with one attached hydrogen (secondary N) is 3. The van der Waals surface area contributed by atoms with E-state index in [4.69, 9.17) is 4.74 Å². The summed E-state index contributed by atoms with van der Waals surface area (Å²) >= 11 is 0. The van der Waals surface area contributed by atoms with Gasteiger partial charge in [-0.2, -0.15) is 0 Å². The van der Waals surface area contributed by atoms with Crippen LogP contribution in [0.5, 0.6) is 5.75 Å². The molecule has 2 aliphatic heterocycles. The second-order valence-corrected chi connectivity index (χ2v) is 6.11. The van der Waals surface area contributed by atoms with Crippen LogP contribution in [-0.4, -0.2) is 18.6 Å². The molecule has 3 N–H and O–H groups in total. The minimum Gasteiger partial charge on any atom is -0.493 e. The summed E-state index contributed by atoms with van der Waals surface area (Å²) in [4.78, 5) is 12.6. The average Bonchev–Trinajstić information content (AvgIpc) is 3.01. The number of fused-ring (bicyclic) bond motifs is 3. The Balaban J connectivity index is 1.51. The monoisotopic (exact) mass is 309 g/mol. The van der Waals surface area contributed by atoms with Crippen molar-refractivity contribution in [2.24, 2.45) is 5.92 Å². The molecule has 1 saturated heterocycles. The van der Waals surface area contributed by atoms with Gasteiger partial charge >= 0.3 is 0 Å². The Kier molecular flexibility index (Phi) is 3.52. The molecule has 2 heterocycles. The van der Waals surface area contributed by atoms with E-state index in [9.17, 15) is 4.79 Å². The van der Waals surface area contributed by atoms with Gasteiger partial charge in [0.15, 0.2) is 0 Å². The van der Waals surface area contributed by atoms with Crippen molar-refractivity contribution in [1.29, 1.82) is 0 Å². The van der Waals surface area contributed by atoms with E-state index in [1.165, 1.54) is 5.56 Å². The van der Waals surface area contributed by atoms with Crippen LogP contribution in [-0.2, 0) is 4.79 Å². The molecule has 0 spiro atoms. The van der Waals surface area contributed by atoms with Crippen LogP contribution in [0.4, 0.5) is 5.69 Å². The zero-order chi connectivity index (χ0) is 15.8. The predicted molar refractivity (Wildman–Crippen MR) is 88.0 cm³/mol. The van der Waals surface area contributed by atoms with Crippen LogP contribution in [0, 0.1) is 12.8 Å². The lowest BCUT2D eigenvalue weighted by atomic mass is 9.87. The molecule has 2 aliphatic rings. The number of aryl methyl sites for hydroxylation is 1. The highest BCUT2D eigenvalue weighted by molar-refractivity contribution is 5.95. The molecule has 3 atom stereocenters. The van der Waals surface area contributed by atoms with Crippen molar-refractivity contribution < 1.29 is 9.53 Å². The molecule has 5 nitrogen and oxygen atoms in total. The van der Waals surface area contributed by atoms with Crippen LogP contribution in [0.2, 0.25) is 0 Å². The van der Waals surface area contributed by atoms with Crippen molar-refractivity contribution in [1.82, 2.24) is 10.9 Å². The number of para-hydroxylation sites is 1. The fourth-order valence-corrected chi connectivity index (χ4v) is 3.26. The summed E-state index contributed by atoms with van der Waals surface area (Å²) in [6.07, 6.45) is 0. The maximum Gasteiger partial charge on any atom is 0.243 e. The van der Waals surface area contributed by atoms with Crippen molar-refractivity contribution in [3.8, 4) is 5.75 Å². The Morgan fingerprint density at radius 1 is 1.13 bits per heavy atom. The van der Waals surface area contributed by atoms with Crippen molar-refractivity contribution in [2.75, 3.05) is 11.9 Å². The van der Waals surface area contributed by atoms with Gasteiger partial charge in [0.05, 0.1) is 12.6 Å². The lowest BCUT2D eigenvalue weighted by Gasteiger charge is -2.29. The molecular formula is C18H19N3O2. The topological polar surface area (TPSA) is 62.4 Å². The highest BCUT2D eigenvalue weighted by Crippen LogP contribution is 2.39. The fourth-order valence-electron chi connectivity index (χ4n) is 3.26. The molecule has 1 fully saturated rings. The van der Waals surface area contributed by atoms with Gasteiger partial charge in [0.25, 0.3) is 0 Å². The third-order valence-corrected chi connectivity index (χ3v) is 4.54. The molecule has 3 unspecified atom stereocenters. The van der Waals surface area contributed by atoms with Crippen LogP contribution in [0.1, 0.15) is 17.2 Å². The molecular weight excluding hydrogens is 290 g/mol. The molecule has 1 amide bonds. The average molecular weight is 309 g/mol. The van der Waals surface area contributed by atoms with Crippen molar-refractivity contribution in [3.63, 3.8) is 0 Å². The Morgan fingerprint density at radius 3 is 2.74 bits per heavy atom.